The molecule has 2 unspecified atom stereocenters. The van der Waals surface area contributed by atoms with Crippen LogP contribution in [-0.2, 0) is 4.79 Å². The molecule has 0 aromatic heterocycles. The number of nitrogens with two attached hydrogens (primary N) is 1. The van der Waals surface area contributed by atoms with Crippen LogP contribution in [0.4, 0.5) is 4.39 Å². The first kappa shape index (κ1) is 15.9. The van der Waals surface area contributed by atoms with E-state index in [9.17, 15) is 9.18 Å². The molecule has 1 amide bonds. The van der Waals surface area contributed by atoms with Crippen molar-refractivity contribution < 1.29 is 9.18 Å². The quantitative estimate of drug-likeness (QED) is 0.873. The molecule has 1 aromatic rings. The summed E-state index contributed by atoms with van der Waals surface area (Å²) in [6, 6.07) is 3.79. The van der Waals surface area contributed by atoms with Gasteiger partial charge in [-0.3, -0.25) is 4.79 Å². The summed E-state index contributed by atoms with van der Waals surface area (Å²) in [4.78, 5) is 12.1. The molecule has 0 fully saturated rings. The van der Waals surface area contributed by atoms with E-state index in [1.807, 2.05) is 6.92 Å². The van der Waals surface area contributed by atoms with Crippen molar-refractivity contribution in [1.82, 2.24) is 5.32 Å². The van der Waals surface area contributed by atoms with E-state index in [1.165, 1.54) is 12.1 Å². The molecule has 3 nitrogen and oxygen atoms in total. The van der Waals surface area contributed by atoms with Crippen molar-refractivity contribution in [1.29, 1.82) is 0 Å². The number of carbonyl (C=O) groups is 1. The molecule has 0 saturated carbocycles. The normalized spacial score (nSPS) is 15.7. The zero-order valence-corrected chi connectivity index (χ0v) is 12.2. The lowest BCUT2D eigenvalue weighted by molar-refractivity contribution is -0.126. The molecule has 0 saturated heterocycles. The van der Waals surface area contributed by atoms with Gasteiger partial charge in [-0.2, -0.15) is 0 Å². The van der Waals surface area contributed by atoms with Gasteiger partial charge in [0.15, 0.2) is 0 Å². The summed E-state index contributed by atoms with van der Waals surface area (Å²) in [5.41, 5.74) is 5.72. The maximum Gasteiger partial charge on any atom is 0.240 e. The molecule has 2 atom stereocenters. The number of amides is 1. The fraction of sp³-hybridized carbons (Fsp3) is 0.500. The Morgan fingerprint density at radius 3 is 2.74 bits per heavy atom. The first-order chi connectivity index (χ1) is 8.77. The van der Waals surface area contributed by atoms with E-state index in [-0.39, 0.29) is 11.9 Å². The van der Waals surface area contributed by atoms with Gasteiger partial charge in [0.2, 0.25) is 5.91 Å². The van der Waals surface area contributed by atoms with Crippen molar-refractivity contribution in [2.24, 2.45) is 5.73 Å². The van der Waals surface area contributed by atoms with Gasteiger partial charge in [0.25, 0.3) is 0 Å². The van der Waals surface area contributed by atoms with Crippen LogP contribution in [0.2, 0.25) is 5.02 Å². The number of carbonyl (C=O) groups excluding carboxylic acids is 1. The monoisotopic (exact) mass is 286 g/mol. The van der Waals surface area contributed by atoms with Crippen molar-refractivity contribution in [2.75, 3.05) is 0 Å². The average molecular weight is 287 g/mol. The van der Waals surface area contributed by atoms with Crippen LogP contribution in [0.5, 0.6) is 0 Å². The van der Waals surface area contributed by atoms with Gasteiger partial charge >= 0.3 is 0 Å². The first-order valence-corrected chi connectivity index (χ1v) is 6.70. The van der Waals surface area contributed by atoms with Gasteiger partial charge in [-0.25, -0.2) is 4.39 Å². The maximum absolute atomic E-state index is 13.0. The van der Waals surface area contributed by atoms with Gasteiger partial charge in [0.05, 0.1) is 11.6 Å². The Hall–Kier alpha value is -1.13. The van der Waals surface area contributed by atoms with E-state index < -0.39 is 11.4 Å². The second-order valence-corrected chi connectivity index (χ2v) is 5.44. The molecular formula is C14H20ClFN2O. The second kappa shape index (κ2) is 6.35. The minimum atomic E-state index is -0.907. The first-order valence-electron chi connectivity index (χ1n) is 6.32. The molecule has 0 aliphatic heterocycles. The maximum atomic E-state index is 13.0. The molecule has 3 N–H and O–H groups in total. The third-order valence-electron chi connectivity index (χ3n) is 3.06. The number of nitrogens with one attached hydrogen (secondary N) is 1. The summed E-state index contributed by atoms with van der Waals surface area (Å²) >= 11 is 5.96. The van der Waals surface area contributed by atoms with Crippen molar-refractivity contribution in [3.8, 4) is 0 Å². The summed E-state index contributed by atoms with van der Waals surface area (Å²) in [7, 11) is 0. The second-order valence-electron chi connectivity index (χ2n) is 5.03. The van der Waals surface area contributed by atoms with Crippen molar-refractivity contribution in [3.63, 3.8) is 0 Å². The number of hydrogen-bond acceptors (Lipinski definition) is 2. The highest BCUT2D eigenvalue weighted by Crippen LogP contribution is 2.24. The topological polar surface area (TPSA) is 55.1 Å². The molecule has 5 heteroatoms. The molecule has 106 valence electrons. The highest BCUT2D eigenvalue weighted by Gasteiger charge is 2.28. The largest absolute Gasteiger partial charge is 0.348 e. The Labute approximate surface area is 118 Å². The molecule has 0 aliphatic carbocycles. The lowest BCUT2D eigenvalue weighted by Crippen LogP contribution is -2.52. The van der Waals surface area contributed by atoms with E-state index >= 15 is 0 Å². The third-order valence-corrected chi connectivity index (χ3v) is 3.39. The molecule has 1 aromatic carbocycles. The highest BCUT2D eigenvalue weighted by molar-refractivity contribution is 6.31. The summed E-state index contributed by atoms with van der Waals surface area (Å²) in [6.07, 6.45) is 1.43. The summed E-state index contributed by atoms with van der Waals surface area (Å²) in [5.74, 6) is -0.635. The lowest BCUT2D eigenvalue weighted by Gasteiger charge is -2.26. The molecular weight excluding hydrogens is 267 g/mol. The van der Waals surface area contributed by atoms with Crippen LogP contribution in [0.15, 0.2) is 18.2 Å². The predicted octanol–water partition coefficient (Wildman–Crippen LogP) is 3.17. The Bertz CT molecular complexity index is 463. The van der Waals surface area contributed by atoms with Crippen LogP contribution in [0.25, 0.3) is 0 Å². The average Bonchev–Trinajstić information content (AvgIpc) is 2.28. The molecule has 0 heterocycles. The number of hydrogen-bond donors (Lipinski definition) is 2. The molecule has 0 spiro atoms. The van der Waals surface area contributed by atoms with Crippen LogP contribution >= 0.6 is 11.6 Å². The Morgan fingerprint density at radius 1 is 1.58 bits per heavy atom. The van der Waals surface area contributed by atoms with E-state index in [0.717, 1.165) is 6.42 Å². The summed E-state index contributed by atoms with van der Waals surface area (Å²) in [5, 5.41) is 3.10. The van der Waals surface area contributed by atoms with Gasteiger partial charge in [-0.15, -0.1) is 0 Å². The van der Waals surface area contributed by atoms with Crippen LogP contribution in [0.3, 0.4) is 0 Å². The van der Waals surface area contributed by atoms with E-state index in [2.05, 4.69) is 5.32 Å². The minimum absolute atomic E-state index is 0.234. The number of benzene rings is 1. The van der Waals surface area contributed by atoms with Gasteiger partial charge in [-0.05, 0) is 38.0 Å². The standard InChI is InChI=1S/C14H20ClFN2O/c1-4-7-14(3,17)13(19)18-9(2)11-6-5-10(16)8-12(11)15/h5-6,8-9H,4,7,17H2,1-3H3,(H,18,19). The summed E-state index contributed by atoms with van der Waals surface area (Å²) in [6.45, 7) is 5.46. The molecule has 0 radical (unpaired) electrons. The smallest absolute Gasteiger partial charge is 0.240 e. The van der Waals surface area contributed by atoms with Crippen molar-refractivity contribution in [3.05, 3.63) is 34.6 Å². The Kier molecular flexibility index (Phi) is 5.32. The van der Waals surface area contributed by atoms with Gasteiger partial charge < -0.3 is 11.1 Å². The Balaban J connectivity index is 2.79. The van der Waals surface area contributed by atoms with Gasteiger partial charge in [0, 0.05) is 5.02 Å². The molecule has 0 aliphatic rings. The van der Waals surface area contributed by atoms with Crippen molar-refractivity contribution in [2.45, 2.75) is 45.2 Å². The van der Waals surface area contributed by atoms with Crippen LogP contribution in [0.1, 0.15) is 45.2 Å². The predicted molar refractivity (Wildman–Crippen MR) is 75.5 cm³/mol. The Morgan fingerprint density at radius 2 is 2.21 bits per heavy atom. The number of rotatable bonds is 5. The van der Waals surface area contributed by atoms with Crippen LogP contribution < -0.4 is 11.1 Å². The molecule has 19 heavy (non-hydrogen) atoms. The van der Waals surface area contributed by atoms with Gasteiger partial charge in [-0.1, -0.05) is 31.0 Å². The third kappa shape index (κ3) is 4.18. The molecule has 1 rings (SSSR count). The fourth-order valence-electron chi connectivity index (χ4n) is 1.92. The van der Waals surface area contributed by atoms with Gasteiger partial charge in [0.1, 0.15) is 5.82 Å². The number of halogens is 2. The fourth-order valence-corrected chi connectivity index (χ4v) is 2.26. The van der Waals surface area contributed by atoms with Crippen LogP contribution in [-0.4, -0.2) is 11.4 Å². The van der Waals surface area contributed by atoms with E-state index in [1.54, 1.807) is 19.9 Å². The van der Waals surface area contributed by atoms with E-state index in [4.69, 9.17) is 17.3 Å². The summed E-state index contributed by atoms with van der Waals surface area (Å²) < 4.78 is 13.0. The highest BCUT2D eigenvalue weighted by atomic mass is 35.5. The SMILES string of the molecule is CCCC(C)(N)C(=O)NC(C)c1ccc(F)cc1Cl. The van der Waals surface area contributed by atoms with Crippen LogP contribution in [0, 0.1) is 5.82 Å². The zero-order chi connectivity index (χ0) is 14.6. The van der Waals surface area contributed by atoms with E-state index in [0.29, 0.717) is 17.0 Å². The lowest BCUT2D eigenvalue weighted by atomic mass is 9.95. The minimum Gasteiger partial charge on any atom is -0.348 e. The van der Waals surface area contributed by atoms with Crippen molar-refractivity contribution >= 4 is 17.5 Å². The zero-order valence-electron chi connectivity index (χ0n) is 11.5. The molecule has 0 bridgehead atoms.